The van der Waals surface area contributed by atoms with E-state index in [9.17, 15) is 0 Å². The molecule has 0 spiro atoms. The molecule has 0 unspecified atom stereocenters. The van der Waals surface area contributed by atoms with E-state index in [0.717, 1.165) is 6.42 Å². The average Bonchev–Trinajstić information content (AvgIpc) is 2.56. The van der Waals surface area contributed by atoms with Gasteiger partial charge in [-0.15, -0.1) is 11.6 Å². The minimum absolute atomic E-state index is 0.238. The fourth-order valence-electron chi connectivity index (χ4n) is 3.53. The molecule has 0 fully saturated rings. The van der Waals surface area contributed by atoms with Crippen LogP contribution in [-0.4, -0.2) is 5.38 Å². The molecule has 1 heteroatoms. The van der Waals surface area contributed by atoms with Crippen LogP contribution in [0.5, 0.6) is 0 Å². The fraction of sp³-hybridized carbons (Fsp3) is 0.250. The van der Waals surface area contributed by atoms with Gasteiger partial charge < -0.3 is 0 Å². The smallest absolute Gasteiger partial charge is 0.0517 e. The van der Waals surface area contributed by atoms with Gasteiger partial charge >= 0.3 is 0 Å². The summed E-state index contributed by atoms with van der Waals surface area (Å²) in [6.45, 7) is 0. The second-order valence-electron chi connectivity index (χ2n) is 5.06. The van der Waals surface area contributed by atoms with Crippen LogP contribution in [0.3, 0.4) is 0 Å². The molecule has 0 amide bonds. The first-order valence-corrected chi connectivity index (χ1v) is 6.60. The zero-order valence-corrected chi connectivity index (χ0v) is 10.2. The molecule has 0 aromatic heterocycles. The number of alkyl halides is 1. The Balaban J connectivity index is 2.00. The van der Waals surface area contributed by atoms with E-state index in [2.05, 4.69) is 48.5 Å². The van der Waals surface area contributed by atoms with Crippen molar-refractivity contribution in [2.24, 2.45) is 0 Å². The van der Waals surface area contributed by atoms with Gasteiger partial charge in [-0.2, -0.15) is 0 Å². The first kappa shape index (κ1) is 9.73. The molecular weight excluding hydrogens is 228 g/mol. The largest absolute Gasteiger partial charge is 0.121 e. The summed E-state index contributed by atoms with van der Waals surface area (Å²) in [5.74, 6) is 0.913. The first-order valence-electron chi connectivity index (χ1n) is 6.17. The summed E-state index contributed by atoms with van der Waals surface area (Å²) < 4.78 is 0. The van der Waals surface area contributed by atoms with Crippen LogP contribution >= 0.6 is 11.6 Å². The molecule has 4 rings (SSSR count). The lowest BCUT2D eigenvalue weighted by Gasteiger charge is -2.28. The van der Waals surface area contributed by atoms with Crippen molar-refractivity contribution in [2.75, 3.05) is 0 Å². The maximum Gasteiger partial charge on any atom is 0.0517 e. The Hall–Kier alpha value is -1.27. The van der Waals surface area contributed by atoms with Gasteiger partial charge in [0.2, 0.25) is 0 Å². The van der Waals surface area contributed by atoms with E-state index >= 15 is 0 Å². The van der Waals surface area contributed by atoms with E-state index in [1.807, 2.05) is 0 Å². The Morgan fingerprint density at radius 3 is 2.29 bits per heavy atom. The summed E-state index contributed by atoms with van der Waals surface area (Å²) in [6, 6.07) is 17.5. The minimum atomic E-state index is 0.238. The van der Waals surface area contributed by atoms with E-state index in [-0.39, 0.29) is 5.38 Å². The third-order valence-electron chi connectivity index (χ3n) is 4.26. The van der Waals surface area contributed by atoms with Gasteiger partial charge in [0.15, 0.2) is 0 Å². The third kappa shape index (κ3) is 1.19. The quantitative estimate of drug-likeness (QED) is 0.609. The summed E-state index contributed by atoms with van der Waals surface area (Å²) in [5.41, 5.74) is 5.83. The second-order valence-corrected chi connectivity index (χ2v) is 5.56. The highest BCUT2D eigenvalue weighted by molar-refractivity contribution is 6.22. The van der Waals surface area contributed by atoms with Crippen molar-refractivity contribution in [3.8, 4) is 0 Å². The van der Waals surface area contributed by atoms with Crippen molar-refractivity contribution in [2.45, 2.75) is 23.6 Å². The highest BCUT2D eigenvalue weighted by Crippen LogP contribution is 2.53. The minimum Gasteiger partial charge on any atom is -0.121 e. The van der Waals surface area contributed by atoms with Crippen LogP contribution < -0.4 is 0 Å². The van der Waals surface area contributed by atoms with Gasteiger partial charge in [-0.3, -0.25) is 0 Å². The maximum atomic E-state index is 6.67. The van der Waals surface area contributed by atoms with E-state index in [4.69, 9.17) is 11.6 Å². The van der Waals surface area contributed by atoms with Gasteiger partial charge in [-0.25, -0.2) is 0 Å². The van der Waals surface area contributed by atoms with Gasteiger partial charge in [-0.05, 0) is 28.7 Å². The Bertz CT molecular complexity index is 577. The lowest BCUT2D eigenvalue weighted by Crippen LogP contribution is -2.22. The van der Waals surface area contributed by atoms with Crippen LogP contribution in [0.1, 0.15) is 34.1 Å². The predicted octanol–water partition coefficient (Wildman–Crippen LogP) is 4.08. The molecule has 2 aromatic rings. The van der Waals surface area contributed by atoms with Crippen molar-refractivity contribution >= 4 is 11.6 Å². The van der Waals surface area contributed by atoms with Crippen molar-refractivity contribution in [1.82, 2.24) is 0 Å². The van der Waals surface area contributed by atoms with Gasteiger partial charge in [0.05, 0.1) is 5.38 Å². The van der Waals surface area contributed by atoms with Crippen LogP contribution in [0.15, 0.2) is 48.5 Å². The highest BCUT2D eigenvalue weighted by atomic mass is 35.5. The molecule has 2 aliphatic rings. The number of hydrogen-bond donors (Lipinski definition) is 0. The van der Waals surface area contributed by atoms with Crippen LogP contribution in [0, 0.1) is 0 Å². The number of benzene rings is 2. The van der Waals surface area contributed by atoms with Gasteiger partial charge in [-0.1, -0.05) is 48.5 Å². The Morgan fingerprint density at radius 1 is 0.824 bits per heavy atom. The lowest BCUT2D eigenvalue weighted by atomic mass is 9.81. The molecule has 0 saturated carbocycles. The second kappa shape index (κ2) is 3.36. The topological polar surface area (TPSA) is 0 Å². The summed E-state index contributed by atoms with van der Waals surface area (Å²) in [5, 5.41) is 0.238. The monoisotopic (exact) mass is 240 g/mol. The Labute approximate surface area is 106 Å². The maximum absolute atomic E-state index is 6.67. The van der Waals surface area contributed by atoms with E-state index < -0.39 is 0 Å². The molecule has 2 aliphatic carbocycles. The molecule has 2 aromatic carbocycles. The zero-order chi connectivity index (χ0) is 11.4. The van der Waals surface area contributed by atoms with Crippen molar-refractivity contribution in [1.29, 1.82) is 0 Å². The summed E-state index contributed by atoms with van der Waals surface area (Å²) in [4.78, 5) is 0. The molecule has 0 aliphatic heterocycles. The molecule has 0 heterocycles. The highest BCUT2D eigenvalue weighted by Gasteiger charge is 2.44. The summed E-state index contributed by atoms with van der Waals surface area (Å²) in [7, 11) is 0. The normalized spacial score (nSPS) is 28.6. The SMILES string of the molecule is Cl[C@H]1[C@@H]2c3ccccc3C[C@H]1c1ccccc12. The van der Waals surface area contributed by atoms with Crippen LogP contribution in [-0.2, 0) is 6.42 Å². The van der Waals surface area contributed by atoms with Gasteiger partial charge in [0.1, 0.15) is 0 Å². The first-order chi connectivity index (χ1) is 8.36. The zero-order valence-electron chi connectivity index (χ0n) is 9.44. The van der Waals surface area contributed by atoms with Crippen LogP contribution in [0.4, 0.5) is 0 Å². The molecule has 17 heavy (non-hydrogen) atoms. The standard InChI is InChI=1S/C16H13Cl/c17-16-14-9-10-5-1-2-6-11(10)15(16)13-8-4-3-7-12(13)14/h1-8,14-16H,9H2/t14-,15+,16+/m0/s1. The van der Waals surface area contributed by atoms with E-state index in [1.165, 1.54) is 22.3 Å². The fourth-order valence-corrected chi connectivity index (χ4v) is 4.03. The van der Waals surface area contributed by atoms with E-state index in [0.29, 0.717) is 11.8 Å². The van der Waals surface area contributed by atoms with Crippen LogP contribution in [0.25, 0.3) is 0 Å². The molecule has 2 bridgehead atoms. The van der Waals surface area contributed by atoms with Gasteiger partial charge in [0, 0.05) is 11.8 Å². The molecule has 3 atom stereocenters. The summed E-state index contributed by atoms with van der Waals surface area (Å²) >= 11 is 6.67. The summed E-state index contributed by atoms with van der Waals surface area (Å²) in [6.07, 6.45) is 1.10. The number of hydrogen-bond acceptors (Lipinski definition) is 0. The third-order valence-corrected chi connectivity index (χ3v) is 4.82. The molecular formula is C16H13Cl. The Morgan fingerprint density at radius 2 is 1.47 bits per heavy atom. The predicted molar refractivity (Wildman–Crippen MR) is 70.8 cm³/mol. The number of halogens is 1. The Kier molecular flexibility index (Phi) is 1.93. The molecule has 0 nitrogen and oxygen atoms in total. The van der Waals surface area contributed by atoms with E-state index in [1.54, 1.807) is 0 Å². The molecule has 0 N–H and O–H groups in total. The van der Waals surface area contributed by atoms with Gasteiger partial charge in [0.25, 0.3) is 0 Å². The molecule has 0 saturated heterocycles. The molecule has 0 radical (unpaired) electrons. The van der Waals surface area contributed by atoms with Crippen molar-refractivity contribution in [3.05, 3.63) is 70.8 Å². The van der Waals surface area contributed by atoms with Crippen LogP contribution in [0.2, 0.25) is 0 Å². The number of rotatable bonds is 0. The van der Waals surface area contributed by atoms with Crippen molar-refractivity contribution in [3.63, 3.8) is 0 Å². The molecule has 84 valence electrons. The average molecular weight is 241 g/mol. The van der Waals surface area contributed by atoms with Crippen molar-refractivity contribution < 1.29 is 0 Å². The lowest BCUT2D eigenvalue weighted by molar-refractivity contribution is 0.602. The number of fused-ring (bicyclic) bond motifs is 7.